The molecule has 0 atom stereocenters. The van der Waals surface area contributed by atoms with Gasteiger partial charge in [-0.1, -0.05) is 97.8 Å². The summed E-state index contributed by atoms with van der Waals surface area (Å²) in [6.07, 6.45) is 21.8. The highest BCUT2D eigenvalue weighted by Gasteiger charge is 2.17. The fraction of sp³-hybridized carbons (Fsp3) is 0.778. The Labute approximate surface area is 181 Å². The maximum Gasteiger partial charge on any atom is 0.160 e. The molecule has 0 heterocycles. The zero-order valence-electron chi connectivity index (χ0n) is 19.7. The number of unbranched alkanes of at least 4 members (excludes halogenated alkanes) is 12. The maximum absolute atomic E-state index is 10.6. The van der Waals surface area contributed by atoms with Crippen LogP contribution in [0.25, 0.3) is 0 Å². The van der Waals surface area contributed by atoms with Crippen LogP contribution in [-0.2, 0) is 19.3 Å². The molecule has 0 unspecified atom stereocenters. The van der Waals surface area contributed by atoms with Crippen LogP contribution in [0.3, 0.4) is 0 Å². The predicted octanol–water partition coefficient (Wildman–Crippen LogP) is 8.64. The van der Waals surface area contributed by atoms with Gasteiger partial charge in [0.25, 0.3) is 0 Å². The van der Waals surface area contributed by atoms with Gasteiger partial charge in [0, 0.05) is 5.56 Å². The summed E-state index contributed by atoms with van der Waals surface area (Å²) in [4.78, 5) is 0. The van der Waals surface area contributed by atoms with Crippen molar-refractivity contribution in [2.75, 3.05) is 0 Å². The summed E-state index contributed by atoms with van der Waals surface area (Å²) in [5.74, 6) is 0.241. The molecule has 0 amide bonds. The fourth-order valence-electron chi connectivity index (χ4n) is 4.35. The zero-order valence-corrected chi connectivity index (χ0v) is 19.7. The molecule has 2 N–H and O–H groups in total. The van der Waals surface area contributed by atoms with Crippen LogP contribution in [0, 0.1) is 0 Å². The van der Waals surface area contributed by atoms with Crippen molar-refractivity contribution in [3.05, 3.63) is 22.8 Å². The molecule has 2 heteroatoms. The van der Waals surface area contributed by atoms with E-state index in [1.807, 2.05) is 6.07 Å². The number of phenolic OH excluding ortho intramolecular Hbond substituents is 2. The van der Waals surface area contributed by atoms with Crippen molar-refractivity contribution < 1.29 is 10.2 Å². The molecule has 0 bridgehead atoms. The fourth-order valence-corrected chi connectivity index (χ4v) is 4.35. The van der Waals surface area contributed by atoms with E-state index in [1.54, 1.807) is 0 Å². The van der Waals surface area contributed by atoms with E-state index >= 15 is 0 Å². The van der Waals surface area contributed by atoms with Gasteiger partial charge in [-0.3, -0.25) is 0 Å². The summed E-state index contributed by atoms with van der Waals surface area (Å²) in [7, 11) is 0. The molecular formula is C27H48O2. The molecule has 168 valence electrons. The average molecular weight is 405 g/mol. The third kappa shape index (κ3) is 10.4. The van der Waals surface area contributed by atoms with Crippen LogP contribution in [0.1, 0.15) is 134 Å². The van der Waals surface area contributed by atoms with E-state index < -0.39 is 0 Å². The summed E-state index contributed by atoms with van der Waals surface area (Å²) in [5, 5.41) is 21.0. The van der Waals surface area contributed by atoms with Gasteiger partial charge in [0.2, 0.25) is 0 Å². The van der Waals surface area contributed by atoms with Gasteiger partial charge in [-0.2, -0.15) is 0 Å². The second-order valence-electron chi connectivity index (χ2n) is 8.85. The maximum atomic E-state index is 10.6. The number of phenols is 2. The van der Waals surface area contributed by atoms with Crippen molar-refractivity contribution in [3.63, 3.8) is 0 Å². The van der Waals surface area contributed by atoms with Crippen molar-refractivity contribution >= 4 is 0 Å². The van der Waals surface area contributed by atoms with Crippen LogP contribution >= 0.6 is 0 Å². The lowest BCUT2D eigenvalue weighted by atomic mass is 9.89. The van der Waals surface area contributed by atoms with Crippen molar-refractivity contribution in [2.45, 2.75) is 136 Å². The van der Waals surface area contributed by atoms with E-state index in [-0.39, 0.29) is 11.5 Å². The summed E-state index contributed by atoms with van der Waals surface area (Å²) in [6, 6.07) is 1.86. The van der Waals surface area contributed by atoms with Crippen molar-refractivity contribution in [2.24, 2.45) is 0 Å². The third-order valence-corrected chi connectivity index (χ3v) is 6.20. The Morgan fingerprint density at radius 1 is 0.517 bits per heavy atom. The molecular weight excluding hydrogens is 356 g/mol. The monoisotopic (exact) mass is 404 g/mol. The second kappa shape index (κ2) is 16.6. The summed E-state index contributed by atoms with van der Waals surface area (Å²) >= 11 is 0. The SMILES string of the molecule is CCCCCCCc1cc(O)c(O)c(CCCCCCC)c1CCCCCCC. The lowest BCUT2D eigenvalue weighted by molar-refractivity contribution is 0.396. The summed E-state index contributed by atoms with van der Waals surface area (Å²) in [5.41, 5.74) is 3.68. The van der Waals surface area contributed by atoms with Gasteiger partial charge < -0.3 is 10.2 Å². The number of aromatic hydroxyl groups is 2. The largest absolute Gasteiger partial charge is 0.504 e. The van der Waals surface area contributed by atoms with E-state index in [1.165, 1.54) is 101 Å². The van der Waals surface area contributed by atoms with Crippen LogP contribution in [0.4, 0.5) is 0 Å². The molecule has 1 rings (SSSR count). The highest BCUT2D eigenvalue weighted by molar-refractivity contribution is 5.53. The molecule has 0 fully saturated rings. The zero-order chi connectivity index (χ0) is 21.3. The Balaban J connectivity index is 2.85. The normalized spacial score (nSPS) is 11.3. The number of hydrogen-bond acceptors (Lipinski definition) is 2. The van der Waals surface area contributed by atoms with Crippen molar-refractivity contribution in [1.82, 2.24) is 0 Å². The smallest absolute Gasteiger partial charge is 0.160 e. The third-order valence-electron chi connectivity index (χ3n) is 6.20. The van der Waals surface area contributed by atoms with Crippen LogP contribution < -0.4 is 0 Å². The summed E-state index contributed by atoms with van der Waals surface area (Å²) in [6.45, 7) is 6.75. The quantitative estimate of drug-likeness (QED) is 0.190. The highest BCUT2D eigenvalue weighted by atomic mass is 16.3. The van der Waals surface area contributed by atoms with Gasteiger partial charge in [-0.05, 0) is 55.7 Å². The lowest BCUT2D eigenvalue weighted by Crippen LogP contribution is -2.03. The molecule has 0 radical (unpaired) electrons. The molecule has 0 aliphatic rings. The molecule has 2 nitrogen and oxygen atoms in total. The van der Waals surface area contributed by atoms with E-state index in [2.05, 4.69) is 20.8 Å². The molecule has 0 spiro atoms. The first kappa shape index (κ1) is 25.9. The molecule has 0 saturated heterocycles. The first-order chi connectivity index (χ1) is 14.2. The molecule has 0 aromatic heterocycles. The van der Waals surface area contributed by atoms with E-state index in [0.717, 1.165) is 31.2 Å². The Hall–Kier alpha value is -1.18. The molecule has 0 saturated carbocycles. The Morgan fingerprint density at radius 3 is 1.41 bits per heavy atom. The summed E-state index contributed by atoms with van der Waals surface area (Å²) < 4.78 is 0. The molecule has 1 aromatic carbocycles. The predicted molar refractivity (Wildman–Crippen MR) is 127 cm³/mol. The van der Waals surface area contributed by atoms with Crippen LogP contribution in [0.2, 0.25) is 0 Å². The van der Waals surface area contributed by atoms with Crippen LogP contribution in [0.15, 0.2) is 6.07 Å². The van der Waals surface area contributed by atoms with Crippen molar-refractivity contribution in [1.29, 1.82) is 0 Å². The van der Waals surface area contributed by atoms with Gasteiger partial charge in [-0.15, -0.1) is 0 Å². The standard InChI is InChI=1S/C27H48O2/c1-4-7-10-13-16-19-23-22-26(28)27(29)25(21-18-15-12-9-6-3)24(23)20-17-14-11-8-5-2/h22,28-29H,4-21H2,1-3H3. The average Bonchev–Trinajstić information content (AvgIpc) is 2.72. The van der Waals surface area contributed by atoms with Crippen LogP contribution in [0.5, 0.6) is 11.5 Å². The second-order valence-corrected chi connectivity index (χ2v) is 8.85. The number of aryl methyl sites for hydroxylation is 1. The van der Waals surface area contributed by atoms with E-state index in [0.29, 0.717) is 0 Å². The Kier molecular flexibility index (Phi) is 14.8. The minimum absolute atomic E-state index is 0.0897. The molecule has 1 aromatic rings. The Bertz CT molecular complexity index is 536. The first-order valence-electron chi connectivity index (χ1n) is 12.7. The minimum Gasteiger partial charge on any atom is -0.504 e. The van der Waals surface area contributed by atoms with E-state index in [9.17, 15) is 10.2 Å². The molecule has 29 heavy (non-hydrogen) atoms. The topological polar surface area (TPSA) is 40.5 Å². The van der Waals surface area contributed by atoms with Gasteiger partial charge in [0.05, 0.1) is 0 Å². The molecule has 0 aliphatic heterocycles. The van der Waals surface area contributed by atoms with Crippen LogP contribution in [-0.4, -0.2) is 10.2 Å². The highest BCUT2D eigenvalue weighted by Crippen LogP contribution is 2.37. The van der Waals surface area contributed by atoms with Gasteiger partial charge in [0.1, 0.15) is 0 Å². The number of hydrogen-bond donors (Lipinski definition) is 2. The minimum atomic E-state index is 0.0897. The Morgan fingerprint density at radius 2 is 0.931 bits per heavy atom. The number of benzene rings is 1. The van der Waals surface area contributed by atoms with Gasteiger partial charge in [0.15, 0.2) is 11.5 Å². The van der Waals surface area contributed by atoms with Gasteiger partial charge >= 0.3 is 0 Å². The number of rotatable bonds is 18. The lowest BCUT2D eigenvalue weighted by Gasteiger charge is -2.18. The molecule has 0 aliphatic carbocycles. The van der Waals surface area contributed by atoms with Gasteiger partial charge in [-0.25, -0.2) is 0 Å². The van der Waals surface area contributed by atoms with Crippen molar-refractivity contribution in [3.8, 4) is 11.5 Å². The first-order valence-corrected chi connectivity index (χ1v) is 12.7. The van der Waals surface area contributed by atoms with E-state index in [4.69, 9.17) is 0 Å².